The van der Waals surface area contributed by atoms with Gasteiger partial charge >= 0.3 is 0 Å². The summed E-state index contributed by atoms with van der Waals surface area (Å²) in [7, 11) is 0. The molecule has 1 heterocycles. The molecule has 0 fully saturated rings. The van der Waals surface area contributed by atoms with Crippen LogP contribution in [0.5, 0.6) is 0 Å². The number of Topliss-reactive ketones (excluding diaryl/α,β-unsaturated/α-hetero) is 2. The van der Waals surface area contributed by atoms with E-state index in [1.165, 1.54) is 26.3 Å². The molecule has 5 nitrogen and oxygen atoms in total. The number of ketones is 2. The van der Waals surface area contributed by atoms with Crippen molar-refractivity contribution in [2.24, 2.45) is 0 Å². The number of carbonyl (C=O) groups is 4. The van der Waals surface area contributed by atoms with E-state index in [0.29, 0.717) is 0 Å². The molecule has 1 atom stereocenters. The molecule has 0 aliphatic carbocycles. The SMILES string of the molecule is CC(=O)CCC(C(C)=O)N1C(=O)c2ccc(F)cc2C1=O.CCC. The van der Waals surface area contributed by atoms with Crippen LogP contribution in [0.4, 0.5) is 4.39 Å². The molecule has 2 rings (SSSR count). The first-order valence-corrected chi connectivity index (χ1v) is 7.91. The Kier molecular flexibility index (Phi) is 6.95. The first-order valence-electron chi connectivity index (χ1n) is 7.91. The van der Waals surface area contributed by atoms with E-state index in [1.807, 2.05) is 0 Å². The summed E-state index contributed by atoms with van der Waals surface area (Å²) in [5.41, 5.74) is 0.0320. The van der Waals surface area contributed by atoms with Crippen LogP contribution < -0.4 is 0 Å². The quantitative estimate of drug-likeness (QED) is 0.775. The van der Waals surface area contributed by atoms with Crippen molar-refractivity contribution in [2.45, 2.75) is 53.0 Å². The molecule has 6 heteroatoms. The van der Waals surface area contributed by atoms with Crippen LogP contribution in [0.1, 0.15) is 67.7 Å². The maximum atomic E-state index is 13.2. The standard InChI is InChI=1S/C15H14FNO4.C3H8/c1-8(18)3-6-13(9(2)19)17-14(20)11-5-4-10(16)7-12(11)15(17)21;1-3-2/h4-5,7,13H,3,6H2,1-2H3;3H2,1-2H3. The molecule has 0 N–H and O–H groups in total. The maximum Gasteiger partial charge on any atom is 0.262 e. The Labute approximate surface area is 140 Å². The smallest absolute Gasteiger partial charge is 0.262 e. The van der Waals surface area contributed by atoms with Crippen molar-refractivity contribution in [3.8, 4) is 0 Å². The van der Waals surface area contributed by atoms with Crippen LogP contribution in [0.2, 0.25) is 0 Å². The van der Waals surface area contributed by atoms with E-state index in [1.54, 1.807) is 0 Å². The lowest BCUT2D eigenvalue weighted by Gasteiger charge is -2.23. The highest BCUT2D eigenvalue weighted by molar-refractivity contribution is 6.22. The summed E-state index contributed by atoms with van der Waals surface area (Å²) < 4.78 is 13.2. The summed E-state index contributed by atoms with van der Waals surface area (Å²) in [5, 5.41) is 0. The first kappa shape index (κ1) is 19.7. The van der Waals surface area contributed by atoms with Crippen LogP contribution >= 0.6 is 0 Å². The van der Waals surface area contributed by atoms with Gasteiger partial charge in [0.2, 0.25) is 0 Å². The molecular formula is C18H22FNO4. The van der Waals surface area contributed by atoms with E-state index in [4.69, 9.17) is 0 Å². The molecule has 2 amide bonds. The number of fused-ring (bicyclic) bond motifs is 1. The molecule has 1 unspecified atom stereocenters. The van der Waals surface area contributed by atoms with Crippen molar-refractivity contribution in [3.63, 3.8) is 0 Å². The molecule has 24 heavy (non-hydrogen) atoms. The normalized spacial score (nSPS) is 14.0. The number of halogens is 1. The van der Waals surface area contributed by atoms with Gasteiger partial charge in [-0.3, -0.25) is 19.3 Å². The summed E-state index contributed by atoms with van der Waals surface area (Å²) in [5.74, 6) is -2.47. The van der Waals surface area contributed by atoms with Gasteiger partial charge in [0.25, 0.3) is 11.8 Å². The van der Waals surface area contributed by atoms with Crippen molar-refractivity contribution in [1.82, 2.24) is 4.90 Å². The summed E-state index contributed by atoms with van der Waals surface area (Å²) in [6.07, 6.45) is 1.42. The van der Waals surface area contributed by atoms with E-state index < -0.39 is 23.7 Å². The second-order valence-electron chi connectivity index (χ2n) is 5.74. The van der Waals surface area contributed by atoms with Crippen molar-refractivity contribution >= 4 is 23.4 Å². The van der Waals surface area contributed by atoms with Crippen molar-refractivity contribution in [2.75, 3.05) is 0 Å². The highest BCUT2D eigenvalue weighted by Crippen LogP contribution is 2.27. The van der Waals surface area contributed by atoms with E-state index in [0.717, 1.165) is 17.0 Å². The van der Waals surface area contributed by atoms with E-state index in [2.05, 4.69) is 13.8 Å². The fourth-order valence-corrected chi connectivity index (χ4v) is 2.37. The zero-order valence-electron chi connectivity index (χ0n) is 14.4. The van der Waals surface area contributed by atoms with Gasteiger partial charge in [0.15, 0.2) is 5.78 Å². The maximum absolute atomic E-state index is 13.2. The van der Waals surface area contributed by atoms with Gasteiger partial charge in [-0.2, -0.15) is 0 Å². The summed E-state index contributed by atoms with van der Waals surface area (Å²) in [6.45, 7) is 6.88. The fourth-order valence-electron chi connectivity index (χ4n) is 2.37. The number of benzene rings is 1. The first-order chi connectivity index (χ1) is 11.2. The van der Waals surface area contributed by atoms with Gasteiger partial charge in [-0.25, -0.2) is 4.39 Å². The van der Waals surface area contributed by atoms with E-state index in [9.17, 15) is 23.6 Å². The molecular weight excluding hydrogens is 313 g/mol. The lowest BCUT2D eigenvalue weighted by molar-refractivity contribution is -0.121. The van der Waals surface area contributed by atoms with Gasteiger partial charge in [0.05, 0.1) is 17.2 Å². The van der Waals surface area contributed by atoms with Crippen molar-refractivity contribution < 1.29 is 23.6 Å². The average molecular weight is 335 g/mol. The lowest BCUT2D eigenvalue weighted by Crippen LogP contribution is -2.44. The molecule has 0 radical (unpaired) electrons. The topological polar surface area (TPSA) is 71.5 Å². The van der Waals surface area contributed by atoms with Crippen LogP contribution in [-0.2, 0) is 9.59 Å². The van der Waals surface area contributed by atoms with Gasteiger partial charge in [0, 0.05) is 6.42 Å². The van der Waals surface area contributed by atoms with Gasteiger partial charge in [-0.15, -0.1) is 0 Å². The molecule has 0 bridgehead atoms. The van der Waals surface area contributed by atoms with Gasteiger partial charge in [-0.05, 0) is 38.5 Å². The number of hydrogen-bond donors (Lipinski definition) is 0. The highest BCUT2D eigenvalue weighted by atomic mass is 19.1. The Balaban J connectivity index is 0.000000891. The molecule has 0 saturated carbocycles. The largest absolute Gasteiger partial charge is 0.300 e. The molecule has 1 aromatic carbocycles. The Morgan fingerprint density at radius 2 is 1.62 bits per heavy atom. The predicted molar refractivity (Wildman–Crippen MR) is 87.2 cm³/mol. The third kappa shape index (κ3) is 4.34. The molecule has 1 aliphatic rings. The highest BCUT2D eigenvalue weighted by Gasteiger charge is 2.41. The minimum Gasteiger partial charge on any atom is -0.300 e. The van der Waals surface area contributed by atoms with Crippen LogP contribution in [0.3, 0.4) is 0 Å². The van der Waals surface area contributed by atoms with Gasteiger partial charge in [-0.1, -0.05) is 20.3 Å². The fraction of sp³-hybridized carbons (Fsp3) is 0.444. The molecule has 1 aliphatic heterocycles. The number of rotatable bonds is 5. The number of hydrogen-bond acceptors (Lipinski definition) is 4. The van der Waals surface area contributed by atoms with Crippen LogP contribution in [0.25, 0.3) is 0 Å². The summed E-state index contributed by atoms with van der Waals surface area (Å²) in [4.78, 5) is 48.1. The Hall–Kier alpha value is -2.37. The zero-order valence-corrected chi connectivity index (χ0v) is 14.4. The van der Waals surface area contributed by atoms with Gasteiger partial charge < -0.3 is 4.79 Å². The molecule has 0 spiro atoms. The minimum atomic E-state index is -0.996. The summed E-state index contributed by atoms with van der Waals surface area (Å²) >= 11 is 0. The minimum absolute atomic E-state index is 0.0472. The molecule has 1 aromatic rings. The molecule has 130 valence electrons. The van der Waals surface area contributed by atoms with Crippen molar-refractivity contribution in [1.29, 1.82) is 0 Å². The Bertz CT molecular complexity index is 669. The number of nitrogens with zero attached hydrogens (tertiary/aromatic N) is 1. The van der Waals surface area contributed by atoms with Crippen LogP contribution in [-0.4, -0.2) is 34.3 Å². The molecule has 0 saturated heterocycles. The Morgan fingerprint density at radius 1 is 1.08 bits per heavy atom. The van der Waals surface area contributed by atoms with E-state index >= 15 is 0 Å². The Morgan fingerprint density at radius 3 is 2.12 bits per heavy atom. The second-order valence-corrected chi connectivity index (χ2v) is 5.74. The zero-order chi connectivity index (χ0) is 18.4. The third-order valence-electron chi connectivity index (χ3n) is 3.43. The van der Waals surface area contributed by atoms with Crippen LogP contribution in [0.15, 0.2) is 18.2 Å². The van der Waals surface area contributed by atoms with Crippen molar-refractivity contribution in [3.05, 3.63) is 35.1 Å². The number of imide groups is 1. The monoisotopic (exact) mass is 335 g/mol. The average Bonchev–Trinajstić information content (AvgIpc) is 2.72. The third-order valence-corrected chi connectivity index (χ3v) is 3.43. The molecule has 0 aromatic heterocycles. The summed E-state index contributed by atoms with van der Waals surface area (Å²) in [6, 6.07) is 2.31. The number of carbonyl (C=O) groups excluding carboxylic acids is 4. The number of amides is 2. The van der Waals surface area contributed by atoms with E-state index in [-0.39, 0.29) is 35.5 Å². The van der Waals surface area contributed by atoms with Crippen LogP contribution in [0, 0.1) is 5.82 Å². The lowest BCUT2D eigenvalue weighted by atomic mass is 10.0. The second kappa shape index (κ2) is 8.47. The predicted octanol–water partition coefficient (Wildman–Crippen LogP) is 3.16. The van der Waals surface area contributed by atoms with Gasteiger partial charge in [0.1, 0.15) is 11.6 Å².